The van der Waals surface area contributed by atoms with Crippen LogP contribution in [0.15, 0.2) is 12.1 Å². The van der Waals surface area contributed by atoms with Crippen molar-refractivity contribution in [2.24, 2.45) is 0 Å². The molecule has 1 aliphatic rings. The van der Waals surface area contributed by atoms with Gasteiger partial charge in [-0.15, -0.1) is 0 Å². The van der Waals surface area contributed by atoms with Crippen LogP contribution in [-0.4, -0.2) is 32.4 Å². The van der Waals surface area contributed by atoms with Gasteiger partial charge in [0.25, 0.3) is 0 Å². The van der Waals surface area contributed by atoms with E-state index in [1.807, 2.05) is 0 Å². The van der Waals surface area contributed by atoms with E-state index in [2.05, 4.69) is 27.3 Å². The van der Waals surface area contributed by atoms with Gasteiger partial charge >= 0.3 is 5.97 Å². The number of hydrogen-bond acceptors (Lipinski definition) is 4. The summed E-state index contributed by atoms with van der Waals surface area (Å²) in [7, 11) is 1.33. The fraction of sp³-hybridized carbons (Fsp3) is 0.417. The number of ether oxygens (including phenoxy) is 3. The molecule has 0 spiro atoms. The molecule has 1 aliphatic heterocycles. The van der Waals surface area contributed by atoms with Gasteiger partial charge < -0.3 is 14.2 Å². The second-order valence-corrected chi connectivity index (χ2v) is 5.43. The Morgan fingerprint density at radius 3 is 2.94 bits per heavy atom. The highest BCUT2D eigenvalue weighted by molar-refractivity contribution is 14.1. The summed E-state index contributed by atoms with van der Waals surface area (Å²) in [5.74, 6) is 0.220. The molecule has 1 fully saturated rings. The van der Waals surface area contributed by atoms with Gasteiger partial charge in [0.1, 0.15) is 11.9 Å². The molecule has 0 bridgehead atoms. The molecular formula is C12H12ClIO4. The highest BCUT2D eigenvalue weighted by Crippen LogP contribution is 2.30. The molecule has 4 nitrogen and oxygen atoms in total. The molecule has 1 saturated heterocycles. The van der Waals surface area contributed by atoms with Gasteiger partial charge in [-0.3, -0.25) is 0 Å². The smallest absolute Gasteiger partial charge is 0.339 e. The van der Waals surface area contributed by atoms with Crippen molar-refractivity contribution in [1.82, 2.24) is 0 Å². The summed E-state index contributed by atoms with van der Waals surface area (Å²) in [6.07, 6.45) is 0.922. The third-order valence-electron chi connectivity index (χ3n) is 2.61. The Bertz CT molecular complexity index is 458. The van der Waals surface area contributed by atoms with E-state index in [1.165, 1.54) is 7.11 Å². The standard InChI is InChI=1S/C12H12ClIO4/c1-16-12(15)8-4-10(14)11(5-9(8)13)18-7-2-3-17-6-7/h4-5,7H,2-3,6H2,1H3. The predicted molar refractivity (Wildman–Crippen MR) is 75.4 cm³/mol. The van der Waals surface area contributed by atoms with Crippen LogP contribution >= 0.6 is 34.2 Å². The summed E-state index contributed by atoms with van der Waals surface area (Å²) in [5, 5.41) is 0.330. The maximum atomic E-state index is 11.5. The number of carbonyl (C=O) groups is 1. The molecule has 1 heterocycles. The Kier molecular flexibility index (Phi) is 4.69. The number of halogens is 2. The van der Waals surface area contributed by atoms with Crippen LogP contribution in [-0.2, 0) is 9.47 Å². The fourth-order valence-corrected chi connectivity index (χ4v) is 2.50. The minimum atomic E-state index is -0.450. The first-order chi connectivity index (χ1) is 8.61. The molecule has 18 heavy (non-hydrogen) atoms. The van der Waals surface area contributed by atoms with Crippen molar-refractivity contribution in [3.05, 3.63) is 26.3 Å². The first-order valence-electron chi connectivity index (χ1n) is 5.43. The second kappa shape index (κ2) is 6.08. The summed E-state index contributed by atoms with van der Waals surface area (Å²) in [6, 6.07) is 3.31. The lowest BCUT2D eigenvalue weighted by molar-refractivity contribution is 0.0600. The van der Waals surface area contributed by atoms with Crippen molar-refractivity contribution in [3.63, 3.8) is 0 Å². The zero-order valence-electron chi connectivity index (χ0n) is 9.74. The van der Waals surface area contributed by atoms with Crippen molar-refractivity contribution < 1.29 is 19.0 Å². The van der Waals surface area contributed by atoms with Crippen molar-refractivity contribution in [2.75, 3.05) is 20.3 Å². The maximum absolute atomic E-state index is 11.5. The largest absolute Gasteiger partial charge is 0.487 e. The monoisotopic (exact) mass is 382 g/mol. The third-order valence-corrected chi connectivity index (χ3v) is 3.76. The van der Waals surface area contributed by atoms with E-state index in [4.69, 9.17) is 21.1 Å². The second-order valence-electron chi connectivity index (χ2n) is 3.86. The van der Waals surface area contributed by atoms with Gasteiger partial charge in [0.05, 0.1) is 34.5 Å². The summed E-state index contributed by atoms with van der Waals surface area (Å²) in [6.45, 7) is 1.31. The quantitative estimate of drug-likeness (QED) is 0.596. The number of benzene rings is 1. The minimum absolute atomic E-state index is 0.0542. The van der Waals surface area contributed by atoms with Crippen LogP contribution in [0.3, 0.4) is 0 Å². The van der Waals surface area contributed by atoms with Gasteiger partial charge in [-0.1, -0.05) is 11.6 Å². The lowest BCUT2D eigenvalue weighted by Crippen LogP contribution is -2.16. The van der Waals surface area contributed by atoms with Crippen molar-refractivity contribution in [2.45, 2.75) is 12.5 Å². The lowest BCUT2D eigenvalue weighted by atomic mass is 10.2. The highest BCUT2D eigenvalue weighted by Gasteiger charge is 2.20. The van der Waals surface area contributed by atoms with E-state index < -0.39 is 5.97 Å². The molecule has 0 radical (unpaired) electrons. The number of rotatable bonds is 3. The molecule has 0 aromatic heterocycles. The minimum Gasteiger partial charge on any atom is -0.487 e. The van der Waals surface area contributed by atoms with E-state index in [0.29, 0.717) is 22.9 Å². The number of methoxy groups -OCH3 is 1. The number of esters is 1. The van der Waals surface area contributed by atoms with Crippen LogP contribution in [0.25, 0.3) is 0 Å². The van der Waals surface area contributed by atoms with E-state index in [0.717, 1.165) is 16.6 Å². The van der Waals surface area contributed by atoms with E-state index >= 15 is 0 Å². The maximum Gasteiger partial charge on any atom is 0.339 e. The van der Waals surface area contributed by atoms with Crippen molar-refractivity contribution in [1.29, 1.82) is 0 Å². The zero-order chi connectivity index (χ0) is 13.1. The Balaban J connectivity index is 2.22. The predicted octanol–water partition coefficient (Wildman–Crippen LogP) is 2.90. The van der Waals surface area contributed by atoms with Gasteiger partial charge in [-0.05, 0) is 28.7 Å². The first kappa shape index (κ1) is 13.9. The molecule has 1 aromatic carbocycles. The third kappa shape index (κ3) is 3.07. The van der Waals surface area contributed by atoms with E-state index in [-0.39, 0.29) is 6.10 Å². The van der Waals surface area contributed by atoms with Crippen LogP contribution in [0.2, 0.25) is 5.02 Å². The molecule has 1 atom stereocenters. The van der Waals surface area contributed by atoms with Gasteiger partial charge in [0, 0.05) is 12.5 Å². The molecule has 98 valence electrons. The van der Waals surface area contributed by atoms with Gasteiger partial charge in [-0.2, -0.15) is 0 Å². The normalized spacial score (nSPS) is 18.7. The summed E-state index contributed by atoms with van der Waals surface area (Å²) in [5.41, 5.74) is 0.346. The highest BCUT2D eigenvalue weighted by atomic mass is 127. The average Bonchev–Trinajstić information content (AvgIpc) is 2.85. The molecule has 0 aliphatic carbocycles. The number of carbonyl (C=O) groups excluding carboxylic acids is 1. The lowest BCUT2D eigenvalue weighted by Gasteiger charge is -2.14. The SMILES string of the molecule is COC(=O)c1cc(I)c(OC2CCOC2)cc1Cl. The zero-order valence-corrected chi connectivity index (χ0v) is 12.7. The van der Waals surface area contributed by atoms with Crippen LogP contribution in [0.1, 0.15) is 16.8 Å². The summed E-state index contributed by atoms with van der Waals surface area (Å²) < 4.78 is 16.5. The van der Waals surface area contributed by atoms with Crippen LogP contribution in [0.5, 0.6) is 5.75 Å². The molecule has 0 N–H and O–H groups in total. The topological polar surface area (TPSA) is 44.8 Å². The fourth-order valence-electron chi connectivity index (χ4n) is 1.67. The average molecular weight is 383 g/mol. The molecule has 1 unspecified atom stereocenters. The van der Waals surface area contributed by atoms with E-state index in [1.54, 1.807) is 12.1 Å². The van der Waals surface area contributed by atoms with Crippen LogP contribution in [0, 0.1) is 3.57 Å². The van der Waals surface area contributed by atoms with E-state index in [9.17, 15) is 4.79 Å². The molecule has 1 aromatic rings. The molecule has 0 amide bonds. The van der Waals surface area contributed by atoms with Gasteiger partial charge in [0.2, 0.25) is 0 Å². The Hall–Kier alpha value is -0.530. The summed E-state index contributed by atoms with van der Waals surface area (Å²) in [4.78, 5) is 11.5. The Morgan fingerprint density at radius 1 is 1.56 bits per heavy atom. The summed E-state index contributed by atoms with van der Waals surface area (Å²) >= 11 is 8.15. The van der Waals surface area contributed by atoms with Gasteiger partial charge in [-0.25, -0.2) is 4.79 Å². The van der Waals surface area contributed by atoms with Crippen molar-refractivity contribution >= 4 is 40.2 Å². The molecule has 6 heteroatoms. The Labute approximate surface area is 124 Å². The number of hydrogen-bond donors (Lipinski definition) is 0. The molecule has 0 saturated carbocycles. The molecule has 2 rings (SSSR count). The van der Waals surface area contributed by atoms with Crippen LogP contribution in [0.4, 0.5) is 0 Å². The van der Waals surface area contributed by atoms with Crippen molar-refractivity contribution in [3.8, 4) is 5.75 Å². The van der Waals surface area contributed by atoms with Crippen LogP contribution < -0.4 is 4.74 Å². The Morgan fingerprint density at radius 2 is 2.33 bits per heavy atom. The first-order valence-corrected chi connectivity index (χ1v) is 6.89. The van der Waals surface area contributed by atoms with Gasteiger partial charge in [0.15, 0.2) is 0 Å². The molecular weight excluding hydrogens is 370 g/mol.